The highest BCUT2D eigenvalue weighted by Gasteiger charge is 2.36. The van der Waals surface area contributed by atoms with Gasteiger partial charge in [-0.1, -0.05) is 166 Å². The third kappa shape index (κ3) is 4.70. The van der Waals surface area contributed by atoms with E-state index in [1.165, 1.54) is 128 Å². The summed E-state index contributed by atoms with van der Waals surface area (Å²) < 4.78 is 5.46. The van der Waals surface area contributed by atoms with Gasteiger partial charge in [-0.25, -0.2) is 0 Å². The van der Waals surface area contributed by atoms with Crippen LogP contribution in [-0.2, 0) is 5.41 Å². The Balaban J connectivity index is 0.951. The fourth-order valence-corrected chi connectivity index (χ4v) is 13.0. The van der Waals surface area contributed by atoms with Crippen LogP contribution in [0.5, 0.6) is 0 Å². The average molecular weight is 785 g/mol. The van der Waals surface area contributed by atoms with Crippen LogP contribution >= 0.6 is 22.7 Å². The predicted molar refractivity (Wildman–Crippen MR) is 259 cm³/mol. The van der Waals surface area contributed by atoms with Crippen molar-refractivity contribution in [1.82, 2.24) is 0 Å². The van der Waals surface area contributed by atoms with Gasteiger partial charge in [0.1, 0.15) is 0 Å². The molecule has 0 spiro atoms. The maximum atomic E-state index is 2.49. The number of benzene rings is 10. The molecule has 0 amide bonds. The zero-order valence-electron chi connectivity index (χ0n) is 32.6. The van der Waals surface area contributed by atoms with Gasteiger partial charge in [0, 0.05) is 45.8 Å². The number of hydrogen-bond acceptors (Lipinski definition) is 2. The van der Waals surface area contributed by atoms with Gasteiger partial charge in [-0.15, -0.1) is 22.7 Å². The first-order chi connectivity index (χ1) is 29.0. The van der Waals surface area contributed by atoms with Crippen LogP contribution in [0.25, 0.3) is 117 Å². The Morgan fingerprint density at radius 1 is 0.339 bits per heavy atom. The first kappa shape index (κ1) is 33.4. The molecule has 0 bridgehead atoms. The summed E-state index contributed by atoms with van der Waals surface area (Å²) in [5.41, 5.74) is 13.0. The lowest BCUT2D eigenvalue weighted by molar-refractivity contribution is 0.660. The Hall–Kier alpha value is -6.58. The summed E-state index contributed by atoms with van der Waals surface area (Å²) in [4.78, 5) is 0. The number of thiophene rings is 2. The van der Waals surface area contributed by atoms with Gasteiger partial charge in [0.15, 0.2) is 0 Å². The topological polar surface area (TPSA) is 0 Å². The monoisotopic (exact) mass is 784 g/mol. The van der Waals surface area contributed by atoms with Crippen molar-refractivity contribution in [3.8, 4) is 44.5 Å². The highest BCUT2D eigenvalue weighted by molar-refractivity contribution is 7.30. The lowest BCUT2D eigenvalue weighted by Gasteiger charge is -2.23. The molecular formula is C57H36S2. The van der Waals surface area contributed by atoms with Crippen LogP contribution < -0.4 is 0 Å². The van der Waals surface area contributed by atoms with Gasteiger partial charge in [-0.2, -0.15) is 0 Å². The zero-order valence-corrected chi connectivity index (χ0v) is 34.3. The Kier molecular flexibility index (Phi) is 6.92. The summed E-state index contributed by atoms with van der Waals surface area (Å²) in [6.07, 6.45) is 0. The lowest BCUT2D eigenvalue weighted by atomic mass is 9.80. The van der Waals surface area contributed by atoms with E-state index in [1.54, 1.807) is 0 Å². The molecule has 59 heavy (non-hydrogen) atoms. The minimum absolute atomic E-state index is 0.136. The third-order valence-corrected chi connectivity index (χ3v) is 15.6. The Morgan fingerprint density at radius 3 is 1.69 bits per heavy atom. The van der Waals surface area contributed by atoms with Crippen LogP contribution in [0.4, 0.5) is 0 Å². The van der Waals surface area contributed by atoms with Gasteiger partial charge in [0.25, 0.3) is 0 Å². The van der Waals surface area contributed by atoms with Gasteiger partial charge >= 0.3 is 0 Å². The number of fused-ring (bicyclic) bond motifs is 14. The van der Waals surface area contributed by atoms with Crippen molar-refractivity contribution in [2.24, 2.45) is 0 Å². The molecule has 2 heterocycles. The van der Waals surface area contributed by atoms with Crippen LogP contribution in [-0.4, -0.2) is 0 Å². The molecule has 0 atom stereocenters. The van der Waals surface area contributed by atoms with E-state index in [1.807, 2.05) is 22.7 Å². The zero-order chi connectivity index (χ0) is 39.0. The maximum Gasteiger partial charge on any atom is 0.0448 e. The molecule has 0 nitrogen and oxygen atoms in total. The summed E-state index contributed by atoms with van der Waals surface area (Å²) >= 11 is 3.86. The molecule has 0 saturated carbocycles. The molecule has 0 unspecified atom stereocenters. The molecule has 2 heteroatoms. The molecule has 1 aliphatic carbocycles. The second-order valence-corrected chi connectivity index (χ2v) is 18.9. The van der Waals surface area contributed by atoms with E-state index in [0.29, 0.717) is 0 Å². The normalized spacial score (nSPS) is 13.4. The number of hydrogen-bond donors (Lipinski definition) is 0. The predicted octanol–water partition coefficient (Wildman–Crippen LogP) is 17.2. The molecule has 1 aliphatic rings. The van der Waals surface area contributed by atoms with Crippen LogP contribution in [0.15, 0.2) is 182 Å². The summed E-state index contributed by atoms with van der Waals surface area (Å²) in [6.45, 7) is 4.80. The van der Waals surface area contributed by atoms with Crippen LogP contribution in [0, 0.1) is 0 Å². The Morgan fingerprint density at radius 2 is 0.932 bits per heavy atom. The van der Waals surface area contributed by atoms with Crippen molar-refractivity contribution >= 4 is 95.3 Å². The molecule has 0 aliphatic heterocycles. The molecule has 13 rings (SSSR count). The molecule has 12 aromatic rings. The third-order valence-electron chi connectivity index (χ3n) is 13.3. The molecule has 0 radical (unpaired) electrons. The van der Waals surface area contributed by atoms with Gasteiger partial charge in [0.2, 0.25) is 0 Å². The minimum atomic E-state index is -0.136. The second kappa shape index (κ2) is 12.2. The molecule has 0 saturated heterocycles. The minimum Gasteiger partial charge on any atom is -0.135 e. The standard InChI is InChI=1S/C57H36S2/c1-57(2)47-27-22-35(36-20-25-40-45-26-29-50-55(56(45)59-51(40)32-36)54-38-15-7-6-12-33(38)23-28-49(54)58-50)30-46(47)39-24-21-37(31-48(39)57)53-43-18-10-8-16-41(43)52(34-13-4-3-5-14-34)42-17-9-11-19-44(42)53/h3-32H,1-2H3. The van der Waals surface area contributed by atoms with E-state index in [0.717, 1.165) is 0 Å². The molecule has 276 valence electrons. The summed E-state index contributed by atoms with van der Waals surface area (Å²) in [7, 11) is 0. The van der Waals surface area contributed by atoms with E-state index in [-0.39, 0.29) is 5.41 Å². The molecule has 2 aromatic heterocycles. The highest BCUT2D eigenvalue weighted by atomic mass is 32.1. The lowest BCUT2D eigenvalue weighted by Crippen LogP contribution is -2.15. The van der Waals surface area contributed by atoms with E-state index in [2.05, 4.69) is 196 Å². The Bertz CT molecular complexity index is 3690. The summed E-state index contributed by atoms with van der Waals surface area (Å²) in [6, 6.07) is 68.5. The van der Waals surface area contributed by atoms with Crippen molar-refractivity contribution in [3.05, 3.63) is 193 Å². The van der Waals surface area contributed by atoms with Gasteiger partial charge in [-0.05, 0) is 118 Å². The smallest absolute Gasteiger partial charge is 0.0448 e. The fourth-order valence-electron chi connectivity index (χ4n) is 10.5. The highest BCUT2D eigenvalue weighted by Crippen LogP contribution is 2.53. The summed E-state index contributed by atoms with van der Waals surface area (Å²) in [5.74, 6) is 0. The van der Waals surface area contributed by atoms with Crippen LogP contribution in [0.3, 0.4) is 0 Å². The molecular weight excluding hydrogens is 749 g/mol. The maximum absolute atomic E-state index is 2.49. The SMILES string of the molecule is CC1(C)c2ccc(-c3ccc4c(c3)sc3c4ccc4sc5ccc6ccccc6c5c43)cc2-c2ccc(-c3c4ccccc4c(-c4ccccc4)c4ccccc34)cc21. The van der Waals surface area contributed by atoms with Gasteiger partial charge in [0.05, 0.1) is 0 Å². The van der Waals surface area contributed by atoms with Gasteiger partial charge < -0.3 is 0 Å². The molecule has 0 N–H and O–H groups in total. The van der Waals surface area contributed by atoms with E-state index in [9.17, 15) is 0 Å². The van der Waals surface area contributed by atoms with E-state index < -0.39 is 0 Å². The average Bonchev–Trinajstić information content (AvgIpc) is 3.93. The Labute approximate surface area is 350 Å². The largest absolute Gasteiger partial charge is 0.135 e. The molecule has 0 fully saturated rings. The summed E-state index contributed by atoms with van der Waals surface area (Å²) in [5, 5.41) is 13.3. The first-order valence-corrected chi connectivity index (χ1v) is 22.1. The van der Waals surface area contributed by atoms with Crippen molar-refractivity contribution in [2.45, 2.75) is 19.3 Å². The van der Waals surface area contributed by atoms with Crippen LogP contribution in [0.2, 0.25) is 0 Å². The van der Waals surface area contributed by atoms with Crippen molar-refractivity contribution < 1.29 is 0 Å². The fraction of sp³-hybridized carbons (Fsp3) is 0.0526. The quantitative estimate of drug-likeness (QED) is 0.157. The van der Waals surface area contributed by atoms with Crippen molar-refractivity contribution in [3.63, 3.8) is 0 Å². The second-order valence-electron chi connectivity index (χ2n) is 16.7. The number of rotatable bonds is 3. The van der Waals surface area contributed by atoms with Crippen LogP contribution in [0.1, 0.15) is 25.0 Å². The molecule has 10 aromatic carbocycles. The van der Waals surface area contributed by atoms with Crippen molar-refractivity contribution in [1.29, 1.82) is 0 Å². The first-order valence-electron chi connectivity index (χ1n) is 20.5. The van der Waals surface area contributed by atoms with Gasteiger partial charge in [-0.3, -0.25) is 0 Å². The van der Waals surface area contributed by atoms with E-state index in [4.69, 9.17) is 0 Å². The van der Waals surface area contributed by atoms with E-state index >= 15 is 0 Å². The van der Waals surface area contributed by atoms with Crippen molar-refractivity contribution in [2.75, 3.05) is 0 Å².